The van der Waals surface area contributed by atoms with Crippen molar-refractivity contribution in [2.45, 2.75) is 24.1 Å². The minimum absolute atomic E-state index is 0.617. The maximum Gasteiger partial charge on any atom is 0.0836 e. The van der Waals surface area contributed by atoms with Crippen LogP contribution < -0.4 is 0 Å². The molecule has 0 spiro atoms. The van der Waals surface area contributed by atoms with Crippen molar-refractivity contribution in [1.29, 1.82) is 0 Å². The summed E-state index contributed by atoms with van der Waals surface area (Å²) in [5.41, 5.74) is 3.41. The molecule has 0 bridgehead atoms. The molecule has 0 amide bonds. The first-order chi connectivity index (χ1) is 8.70. The van der Waals surface area contributed by atoms with Crippen molar-refractivity contribution in [3.63, 3.8) is 0 Å². The Labute approximate surface area is 124 Å². The van der Waals surface area contributed by atoms with E-state index in [0.29, 0.717) is 16.0 Å². The van der Waals surface area contributed by atoms with Gasteiger partial charge >= 0.3 is 0 Å². The van der Waals surface area contributed by atoms with Crippen LogP contribution in [-0.2, 0) is 5.33 Å². The third kappa shape index (κ3) is 2.20. The molecular formula is C13H11BrCl2N2. The standard InChI is InChI=1S/C13H11BrCl2N2/c14-6-9-7-17-18(13(9)8-1-2-8)12-4-3-10(15)5-11(12)16/h3-5,7-8H,1-2,6H2. The van der Waals surface area contributed by atoms with Crippen LogP contribution in [0.3, 0.4) is 0 Å². The van der Waals surface area contributed by atoms with Gasteiger partial charge in [-0.05, 0) is 31.0 Å². The van der Waals surface area contributed by atoms with Crippen molar-refractivity contribution < 1.29 is 0 Å². The number of hydrogen-bond donors (Lipinski definition) is 0. The van der Waals surface area contributed by atoms with Gasteiger partial charge in [0.15, 0.2) is 0 Å². The molecule has 1 heterocycles. The zero-order chi connectivity index (χ0) is 12.7. The van der Waals surface area contributed by atoms with Gasteiger partial charge in [-0.2, -0.15) is 5.10 Å². The Hall–Kier alpha value is -0.510. The number of benzene rings is 1. The Morgan fingerprint density at radius 1 is 1.33 bits per heavy atom. The number of rotatable bonds is 3. The average Bonchev–Trinajstić information content (AvgIpc) is 3.09. The number of halogens is 3. The van der Waals surface area contributed by atoms with E-state index in [1.54, 1.807) is 6.07 Å². The second-order valence-electron chi connectivity index (χ2n) is 4.47. The number of alkyl halides is 1. The zero-order valence-corrected chi connectivity index (χ0v) is 12.6. The molecule has 1 aromatic heterocycles. The fourth-order valence-corrected chi connectivity index (χ4v) is 3.05. The summed E-state index contributed by atoms with van der Waals surface area (Å²) in [6.45, 7) is 0. The maximum atomic E-state index is 6.26. The number of hydrogen-bond acceptors (Lipinski definition) is 1. The van der Waals surface area contributed by atoms with E-state index in [2.05, 4.69) is 21.0 Å². The van der Waals surface area contributed by atoms with Crippen LogP contribution in [0.1, 0.15) is 30.0 Å². The Morgan fingerprint density at radius 2 is 2.11 bits per heavy atom. The van der Waals surface area contributed by atoms with Crippen molar-refractivity contribution in [3.8, 4) is 5.69 Å². The van der Waals surface area contributed by atoms with Crippen molar-refractivity contribution >= 4 is 39.1 Å². The topological polar surface area (TPSA) is 17.8 Å². The monoisotopic (exact) mass is 344 g/mol. The first kappa shape index (κ1) is 12.5. The lowest BCUT2D eigenvalue weighted by molar-refractivity contribution is 0.805. The smallest absolute Gasteiger partial charge is 0.0836 e. The van der Waals surface area contributed by atoms with E-state index in [1.165, 1.54) is 24.1 Å². The highest BCUT2D eigenvalue weighted by atomic mass is 79.9. The fourth-order valence-electron chi connectivity index (χ4n) is 2.13. The molecule has 18 heavy (non-hydrogen) atoms. The van der Waals surface area contributed by atoms with Crippen molar-refractivity contribution in [2.24, 2.45) is 0 Å². The van der Waals surface area contributed by atoms with Crippen LogP contribution in [0.2, 0.25) is 10.0 Å². The second kappa shape index (κ2) is 4.87. The number of nitrogens with zero attached hydrogens (tertiary/aromatic N) is 2. The molecule has 2 aromatic rings. The van der Waals surface area contributed by atoms with E-state index in [-0.39, 0.29) is 0 Å². The SMILES string of the molecule is Clc1ccc(-n2ncc(CBr)c2C2CC2)c(Cl)c1. The molecule has 1 aliphatic rings. The van der Waals surface area contributed by atoms with Crippen molar-refractivity contribution in [1.82, 2.24) is 9.78 Å². The molecule has 1 fully saturated rings. The molecule has 0 unspecified atom stereocenters. The molecule has 94 valence electrons. The van der Waals surface area contributed by atoms with Crippen LogP contribution in [-0.4, -0.2) is 9.78 Å². The second-order valence-corrected chi connectivity index (χ2v) is 5.87. The van der Waals surface area contributed by atoms with Gasteiger partial charge in [0.05, 0.1) is 22.6 Å². The van der Waals surface area contributed by atoms with Gasteiger partial charge in [-0.25, -0.2) is 4.68 Å². The van der Waals surface area contributed by atoms with Crippen molar-refractivity contribution in [2.75, 3.05) is 0 Å². The lowest BCUT2D eigenvalue weighted by atomic mass is 10.2. The molecule has 1 aliphatic carbocycles. The molecule has 0 aliphatic heterocycles. The van der Waals surface area contributed by atoms with E-state index in [0.717, 1.165) is 11.0 Å². The maximum absolute atomic E-state index is 6.26. The summed E-state index contributed by atoms with van der Waals surface area (Å²) < 4.78 is 1.95. The first-order valence-corrected chi connectivity index (χ1v) is 7.66. The predicted molar refractivity (Wildman–Crippen MR) is 78.2 cm³/mol. The highest BCUT2D eigenvalue weighted by Crippen LogP contribution is 2.43. The van der Waals surface area contributed by atoms with E-state index < -0.39 is 0 Å². The molecule has 2 nitrogen and oxygen atoms in total. The highest BCUT2D eigenvalue weighted by Gasteiger charge is 2.30. The summed E-state index contributed by atoms with van der Waals surface area (Å²) in [4.78, 5) is 0. The van der Waals surface area contributed by atoms with E-state index >= 15 is 0 Å². The number of aromatic nitrogens is 2. The van der Waals surface area contributed by atoms with Gasteiger partial charge in [0.25, 0.3) is 0 Å². The summed E-state index contributed by atoms with van der Waals surface area (Å²) in [5.74, 6) is 0.617. The molecule has 5 heteroatoms. The molecule has 0 radical (unpaired) electrons. The van der Waals surface area contributed by atoms with E-state index in [4.69, 9.17) is 23.2 Å². The van der Waals surface area contributed by atoms with Gasteiger partial charge in [0.2, 0.25) is 0 Å². The quantitative estimate of drug-likeness (QED) is 0.719. The Kier molecular flexibility index (Phi) is 3.39. The zero-order valence-electron chi connectivity index (χ0n) is 9.54. The normalized spacial score (nSPS) is 15.1. The molecule has 3 rings (SSSR count). The lowest BCUT2D eigenvalue weighted by Gasteiger charge is -2.10. The largest absolute Gasteiger partial charge is 0.236 e. The molecule has 0 saturated heterocycles. The summed E-state index contributed by atoms with van der Waals surface area (Å²) >= 11 is 15.7. The predicted octanol–water partition coefficient (Wildman–Crippen LogP) is 4.95. The van der Waals surface area contributed by atoms with Gasteiger partial charge in [-0.15, -0.1) is 0 Å². The van der Waals surface area contributed by atoms with Gasteiger partial charge in [0.1, 0.15) is 0 Å². The highest BCUT2D eigenvalue weighted by molar-refractivity contribution is 9.08. The Balaban J connectivity index is 2.13. The summed E-state index contributed by atoms with van der Waals surface area (Å²) in [7, 11) is 0. The Morgan fingerprint density at radius 3 is 2.72 bits per heavy atom. The summed E-state index contributed by atoms with van der Waals surface area (Å²) in [5, 5.41) is 6.57. The fraction of sp³-hybridized carbons (Fsp3) is 0.308. The molecular weight excluding hydrogens is 335 g/mol. The summed E-state index contributed by atoms with van der Waals surface area (Å²) in [6, 6.07) is 5.51. The van der Waals surface area contributed by atoms with Crippen LogP contribution in [0.25, 0.3) is 5.69 Å². The lowest BCUT2D eigenvalue weighted by Crippen LogP contribution is -2.03. The van der Waals surface area contributed by atoms with Gasteiger partial charge in [-0.1, -0.05) is 39.1 Å². The first-order valence-electron chi connectivity index (χ1n) is 5.79. The molecule has 0 atom stereocenters. The van der Waals surface area contributed by atoms with Crippen molar-refractivity contribution in [3.05, 3.63) is 45.7 Å². The van der Waals surface area contributed by atoms with Crippen LogP contribution in [0.15, 0.2) is 24.4 Å². The van der Waals surface area contributed by atoms with Crippen LogP contribution in [0.5, 0.6) is 0 Å². The molecule has 1 saturated carbocycles. The van der Waals surface area contributed by atoms with Crippen LogP contribution in [0, 0.1) is 0 Å². The van der Waals surface area contributed by atoms with Crippen LogP contribution >= 0.6 is 39.1 Å². The van der Waals surface area contributed by atoms with Crippen LogP contribution in [0.4, 0.5) is 0 Å². The molecule has 1 aromatic carbocycles. The van der Waals surface area contributed by atoms with Gasteiger partial charge in [-0.3, -0.25) is 0 Å². The average molecular weight is 346 g/mol. The third-order valence-corrected chi connectivity index (χ3v) is 4.27. The van der Waals surface area contributed by atoms with E-state index in [1.807, 2.05) is 23.0 Å². The summed E-state index contributed by atoms with van der Waals surface area (Å²) in [6.07, 6.45) is 4.38. The minimum atomic E-state index is 0.617. The third-order valence-electron chi connectivity index (χ3n) is 3.13. The van der Waals surface area contributed by atoms with E-state index in [9.17, 15) is 0 Å². The van der Waals surface area contributed by atoms with Gasteiger partial charge in [0, 0.05) is 21.8 Å². The molecule has 0 N–H and O–H groups in total. The minimum Gasteiger partial charge on any atom is -0.236 e. The van der Waals surface area contributed by atoms with Gasteiger partial charge < -0.3 is 0 Å². The Bertz CT molecular complexity index is 591.